The highest BCUT2D eigenvalue weighted by Crippen LogP contribution is 2.80. The summed E-state index contributed by atoms with van der Waals surface area (Å²) in [6.07, 6.45) is 14.8. The van der Waals surface area contributed by atoms with Crippen molar-refractivity contribution in [2.24, 2.45) is 79.3 Å². The normalized spacial score (nSPS) is 42.4. The zero-order valence-corrected chi connectivity index (χ0v) is 47.2. The van der Waals surface area contributed by atoms with Crippen molar-refractivity contribution in [1.29, 1.82) is 0 Å². The molecule has 0 aromatic heterocycles. The maximum absolute atomic E-state index is 13.9. The minimum absolute atomic E-state index is 0.0321. The molecule has 8 fully saturated rings. The molecule has 1 aliphatic heterocycles. The van der Waals surface area contributed by atoms with Crippen LogP contribution in [0.4, 0.5) is 0 Å². The van der Waals surface area contributed by atoms with E-state index in [1.165, 1.54) is 57.8 Å². The lowest BCUT2D eigenvalue weighted by Crippen LogP contribution is -2.72. The summed E-state index contributed by atoms with van der Waals surface area (Å²) in [5.41, 5.74) is -0.00699. The number of rotatable bonds is 13. The molecule has 1 saturated heterocycles. The van der Waals surface area contributed by atoms with Crippen LogP contribution in [-0.2, 0) is 35.2 Å². The van der Waals surface area contributed by atoms with Crippen LogP contribution in [0, 0.1) is 79.3 Å². The van der Waals surface area contributed by atoms with Crippen molar-refractivity contribution >= 4 is 30.1 Å². The van der Waals surface area contributed by atoms with Crippen LogP contribution in [0.5, 0.6) is 0 Å². The van der Waals surface area contributed by atoms with E-state index in [9.17, 15) is 23.1 Å². The Kier molecular flexibility index (Phi) is 12.9. The Morgan fingerprint density at radius 1 is 0.797 bits per heavy atom. The molecule has 7 saturated carbocycles. The van der Waals surface area contributed by atoms with Gasteiger partial charge < -0.3 is 19.6 Å². The van der Waals surface area contributed by atoms with Gasteiger partial charge in [-0.1, -0.05) is 106 Å². The van der Waals surface area contributed by atoms with Crippen LogP contribution in [0.1, 0.15) is 165 Å². The van der Waals surface area contributed by atoms with E-state index < -0.39 is 40.9 Å². The molecule has 9 nitrogen and oxygen atoms in total. The summed E-state index contributed by atoms with van der Waals surface area (Å²) in [5.74, 6) is 1.95. The van der Waals surface area contributed by atoms with Crippen LogP contribution >= 0.6 is 0 Å². The highest BCUT2D eigenvalue weighted by atomic mass is 32.2. The third-order valence-electron chi connectivity index (χ3n) is 24.5. The molecule has 13 atom stereocenters. The molecule has 2 N–H and O–H groups in total. The minimum atomic E-state index is -3.00. The number of benzene rings is 1. The van der Waals surface area contributed by atoms with Gasteiger partial charge in [0, 0.05) is 31.2 Å². The molecule has 1 heterocycles. The van der Waals surface area contributed by atoms with Crippen LogP contribution in [0.3, 0.4) is 0 Å². The average Bonchev–Trinajstić information content (AvgIpc) is 3.89. The second-order valence-electron chi connectivity index (χ2n) is 28.7. The van der Waals surface area contributed by atoms with Gasteiger partial charge in [0.25, 0.3) is 0 Å². The average molecular weight is 992 g/mol. The molecule has 9 rings (SSSR count). The van der Waals surface area contributed by atoms with Crippen LogP contribution in [0.2, 0.25) is 18.1 Å². The van der Waals surface area contributed by atoms with Gasteiger partial charge in [-0.05, 0) is 175 Å². The molecular weight excluding hydrogens is 897 g/mol. The number of ether oxygens (including phenoxy) is 1. The number of nitrogens with one attached hydrogen (secondary N) is 1. The number of esters is 1. The summed E-state index contributed by atoms with van der Waals surface area (Å²) < 4.78 is 38.2. The largest absolute Gasteiger partial charge is 0.481 e. The molecule has 0 amide bonds. The standard InChI is InChI=1S/C58H94N2O7SSi/c1-50(2,3)69(12,13)67-38-40(60-31-33-68(64,65)34-32-60)36-59-57-26-21-41(53(8)27-28-53)47(57)42-19-20-46-54(9)24-22-45(51(4,5)44(54)23-25-56(46,11)55(42,10)29-30-57)58(49(62)63)35-43(52(58,6)7)48(61)66-37-39-17-15-14-16-18-39/h14-18,40-47,59H,19-38H2,1-13H3,(H,62,63)/t40-,41-,42-,43+,44-,45+,46-,47-,54-,55-,56-,57+,58-/m1/s1. The highest BCUT2D eigenvalue weighted by Gasteiger charge is 2.77. The smallest absolute Gasteiger partial charge is 0.310 e. The van der Waals surface area contributed by atoms with Crippen molar-refractivity contribution < 1.29 is 32.3 Å². The number of carbonyl (C=O) groups is 2. The molecular formula is C58H94N2O7SSi. The van der Waals surface area contributed by atoms with Crippen molar-refractivity contribution in [2.75, 3.05) is 37.7 Å². The molecule has 0 radical (unpaired) electrons. The summed E-state index contributed by atoms with van der Waals surface area (Å²) in [7, 11) is -5.03. The Morgan fingerprint density at radius 2 is 1.45 bits per heavy atom. The fourth-order valence-corrected chi connectivity index (χ4v) is 21.0. The molecule has 7 aliphatic carbocycles. The van der Waals surface area contributed by atoms with E-state index in [-0.39, 0.29) is 68.3 Å². The molecule has 0 unspecified atom stereocenters. The summed E-state index contributed by atoms with van der Waals surface area (Å²) >= 11 is 0. The lowest BCUT2D eigenvalue weighted by atomic mass is 9.29. The predicted molar refractivity (Wildman–Crippen MR) is 279 cm³/mol. The van der Waals surface area contributed by atoms with Gasteiger partial charge in [0.15, 0.2) is 18.2 Å². The van der Waals surface area contributed by atoms with E-state index in [0.29, 0.717) is 55.2 Å². The molecule has 0 bridgehead atoms. The van der Waals surface area contributed by atoms with Crippen LogP contribution in [0.15, 0.2) is 30.3 Å². The number of fused-ring (bicyclic) bond motifs is 7. The van der Waals surface area contributed by atoms with Crippen LogP contribution in [-0.4, -0.2) is 88.0 Å². The fraction of sp³-hybridized carbons (Fsp3) is 0.862. The summed E-state index contributed by atoms with van der Waals surface area (Å²) in [4.78, 5) is 30.1. The molecule has 0 spiro atoms. The van der Waals surface area contributed by atoms with Gasteiger partial charge in [0.1, 0.15) is 6.61 Å². The third kappa shape index (κ3) is 8.04. The number of hydrogen-bond donors (Lipinski definition) is 2. The van der Waals surface area contributed by atoms with Gasteiger partial charge >= 0.3 is 11.9 Å². The van der Waals surface area contributed by atoms with Gasteiger partial charge in [-0.15, -0.1) is 0 Å². The summed E-state index contributed by atoms with van der Waals surface area (Å²) in [6, 6.07) is 9.91. The fourth-order valence-electron chi connectivity index (χ4n) is 18.7. The van der Waals surface area contributed by atoms with Crippen molar-refractivity contribution in [3.05, 3.63) is 35.9 Å². The Bertz CT molecular complexity index is 2220. The van der Waals surface area contributed by atoms with E-state index in [0.717, 1.165) is 37.3 Å². The van der Waals surface area contributed by atoms with Gasteiger partial charge in [0.05, 0.1) is 29.4 Å². The van der Waals surface area contributed by atoms with E-state index in [1.807, 2.05) is 44.2 Å². The molecule has 1 aromatic carbocycles. The Hall–Kier alpha value is -1.79. The molecule has 69 heavy (non-hydrogen) atoms. The van der Waals surface area contributed by atoms with Crippen molar-refractivity contribution in [3.63, 3.8) is 0 Å². The molecule has 1 aromatic rings. The van der Waals surface area contributed by atoms with Crippen molar-refractivity contribution in [1.82, 2.24) is 10.2 Å². The monoisotopic (exact) mass is 991 g/mol. The van der Waals surface area contributed by atoms with Crippen LogP contribution < -0.4 is 5.32 Å². The molecule has 388 valence electrons. The van der Waals surface area contributed by atoms with Gasteiger partial charge in [0.2, 0.25) is 0 Å². The van der Waals surface area contributed by atoms with Gasteiger partial charge in [-0.3, -0.25) is 14.5 Å². The number of sulfone groups is 1. The number of hydrogen-bond acceptors (Lipinski definition) is 8. The zero-order valence-electron chi connectivity index (χ0n) is 45.4. The maximum Gasteiger partial charge on any atom is 0.310 e. The first-order chi connectivity index (χ1) is 31.9. The second kappa shape index (κ2) is 17.1. The van der Waals surface area contributed by atoms with Gasteiger partial charge in [-0.25, -0.2) is 8.42 Å². The molecule has 11 heteroatoms. The predicted octanol–water partition coefficient (Wildman–Crippen LogP) is 11.8. The van der Waals surface area contributed by atoms with E-state index in [2.05, 4.69) is 85.6 Å². The molecule has 8 aliphatic rings. The topological polar surface area (TPSA) is 122 Å². The SMILES string of the molecule is CC1([C@@H]2CC[C@]3(NC[C@H](CO[Si](C)(C)C(C)(C)C)N4CCS(=O)(=O)CC4)CC[C@]4(C)[C@H](CC[C@@H]5[C@]6(C)CC[C@H]([C@@]7(C(=O)O)C[C@@H](C(=O)OCc8ccccc8)C7(C)C)C(C)(C)[C@H]6CC[C@]54C)[C@@H]23)CC1. The van der Waals surface area contributed by atoms with E-state index >= 15 is 0 Å². The van der Waals surface area contributed by atoms with Crippen molar-refractivity contribution in [3.8, 4) is 0 Å². The Labute approximate surface area is 419 Å². The van der Waals surface area contributed by atoms with Gasteiger partial charge in [-0.2, -0.15) is 0 Å². The summed E-state index contributed by atoms with van der Waals surface area (Å²) in [6.45, 7) is 34.1. The first-order valence-corrected chi connectivity index (χ1v) is 32.5. The minimum Gasteiger partial charge on any atom is -0.481 e. The Morgan fingerprint density at radius 3 is 2.06 bits per heavy atom. The summed E-state index contributed by atoms with van der Waals surface area (Å²) in [5, 5.41) is 16.0. The van der Waals surface area contributed by atoms with Crippen LogP contribution in [0.25, 0.3) is 0 Å². The van der Waals surface area contributed by atoms with Crippen molar-refractivity contribution in [2.45, 2.75) is 196 Å². The number of carboxylic acids is 1. The number of aliphatic carboxylic acids is 1. The number of nitrogens with zero attached hydrogens (tertiary/aromatic N) is 1. The third-order valence-corrected chi connectivity index (χ3v) is 30.6. The Balaban J connectivity index is 0.958. The zero-order chi connectivity index (χ0) is 50.2. The maximum atomic E-state index is 13.9. The first-order valence-electron chi connectivity index (χ1n) is 27.7. The van der Waals surface area contributed by atoms with E-state index in [4.69, 9.17) is 9.16 Å². The number of carboxylic acid groups (broad SMARTS) is 1. The number of carbonyl (C=O) groups excluding carboxylic acids is 1. The first kappa shape index (κ1) is 52.1. The lowest BCUT2D eigenvalue weighted by Gasteiger charge is -2.75. The lowest BCUT2D eigenvalue weighted by molar-refractivity contribution is -0.268. The van der Waals surface area contributed by atoms with E-state index in [1.54, 1.807) is 0 Å². The quantitative estimate of drug-likeness (QED) is 0.147. The second-order valence-corrected chi connectivity index (χ2v) is 35.8. The highest BCUT2D eigenvalue weighted by molar-refractivity contribution is 7.91.